The molecule has 0 aromatic rings. The number of rotatable bonds is 8. The van der Waals surface area contributed by atoms with E-state index in [0.29, 0.717) is 0 Å². The minimum Gasteiger partial charge on any atom is -0.335 e. The van der Waals surface area contributed by atoms with Crippen molar-refractivity contribution in [3.63, 3.8) is 0 Å². The number of ether oxygens (including phenoxy) is 2. The molecule has 0 aromatic carbocycles. The Hall–Kier alpha value is -0.160. The first kappa shape index (κ1) is 13.8. The van der Waals surface area contributed by atoms with Gasteiger partial charge in [-0.1, -0.05) is 19.8 Å². The van der Waals surface area contributed by atoms with E-state index in [1.54, 1.807) is 6.92 Å². The zero-order valence-electron chi connectivity index (χ0n) is 9.53. The molecule has 0 bridgehead atoms. The fourth-order valence-corrected chi connectivity index (χ4v) is 1.24. The maximum absolute atomic E-state index is 5.75. The fraction of sp³-hybridized carbons (Fsp3) is 1.00. The second kappa shape index (κ2) is 8.17. The zero-order valence-corrected chi connectivity index (χ0v) is 9.53. The molecule has 0 spiro atoms. The lowest BCUT2D eigenvalue weighted by Crippen LogP contribution is -2.33. The maximum Gasteiger partial charge on any atom is 0.158 e. The van der Waals surface area contributed by atoms with E-state index in [4.69, 9.17) is 20.9 Å². The van der Waals surface area contributed by atoms with Crippen molar-refractivity contribution in [2.75, 3.05) is 0 Å². The van der Waals surface area contributed by atoms with Gasteiger partial charge in [0.2, 0.25) is 0 Å². The van der Waals surface area contributed by atoms with Crippen molar-refractivity contribution in [2.24, 2.45) is 11.5 Å². The first-order valence-corrected chi connectivity index (χ1v) is 5.38. The molecule has 0 saturated heterocycles. The van der Waals surface area contributed by atoms with E-state index < -0.39 is 0 Å². The van der Waals surface area contributed by atoms with Gasteiger partial charge in [0, 0.05) is 0 Å². The fourth-order valence-electron chi connectivity index (χ4n) is 1.24. The molecule has 0 amide bonds. The first-order valence-electron chi connectivity index (χ1n) is 5.38. The molecule has 0 rings (SSSR count). The van der Waals surface area contributed by atoms with Crippen LogP contribution in [-0.4, -0.2) is 18.7 Å². The summed E-state index contributed by atoms with van der Waals surface area (Å²) in [6.07, 6.45) is 3.48. The SMILES string of the molecule is CCCCCC(N)OC(C)OC(C)N. The van der Waals surface area contributed by atoms with Crippen LogP contribution in [0, 0.1) is 0 Å². The van der Waals surface area contributed by atoms with Crippen molar-refractivity contribution < 1.29 is 9.47 Å². The van der Waals surface area contributed by atoms with Crippen LogP contribution in [0.1, 0.15) is 46.5 Å². The molecule has 4 nitrogen and oxygen atoms in total. The monoisotopic (exact) mass is 204 g/mol. The summed E-state index contributed by atoms with van der Waals surface area (Å²) in [5.74, 6) is 0. The molecule has 0 aliphatic carbocycles. The van der Waals surface area contributed by atoms with Crippen LogP contribution in [0.15, 0.2) is 0 Å². The van der Waals surface area contributed by atoms with E-state index in [1.807, 2.05) is 6.92 Å². The molecule has 0 aromatic heterocycles. The molecule has 0 heterocycles. The van der Waals surface area contributed by atoms with Crippen LogP contribution in [0.5, 0.6) is 0 Å². The van der Waals surface area contributed by atoms with Gasteiger partial charge in [-0.05, 0) is 26.7 Å². The number of nitrogens with two attached hydrogens (primary N) is 2. The molecule has 0 saturated carbocycles. The summed E-state index contributed by atoms with van der Waals surface area (Å²) < 4.78 is 10.6. The maximum atomic E-state index is 5.75. The van der Waals surface area contributed by atoms with Crippen molar-refractivity contribution in [3.8, 4) is 0 Å². The summed E-state index contributed by atoms with van der Waals surface area (Å²) in [6, 6.07) is 0. The molecule has 0 fully saturated rings. The second-order valence-corrected chi connectivity index (χ2v) is 3.58. The summed E-state index contributed by atoms with van der Waals surface area (Å²) >= 11 is 0. The van der Waals surface area contributed by atoms with Crippen molar-refractivity contribution in [2.45, 2.75) is 65.2 Å². The van der Waals surface area contributed by atoms with Crippen molar-refractivity contribution in [1.82, 2.24) is 0 Å². The van der Waals surface area contributed by atoms with Gasteiger partial charge in [0.25, 0.3) is 0 Å². The Labute approximate surface area is 86.9 Å². The average Bonchev–Trinajstić information content (AvgIpc) is 2.02. The Bertz CT molecular complexity index is 131. The highest BCUT2D eigenvalue weighted by atomic mass is 16.7. The molecular formula is C10H24N2O2. The smallest absolute Gasteiger partial charge is 0.158 e. The third kappa shape index (κ3) is 8.44. The lowest BCUT2D eigenvalue weighted by Gasteiger charge is -2.20. The van der Waals surface area contributed by atoms with Crippen LogP contribution < -0.4 is 11.5 Å². The Kier molecular flexibility index (Phi) is 8.08. The third-order valence-corrected chi connectivity index (χ3v) is 1.86. The molecular weight excluding hydrogens is 180 g/mol. The summed E-state index contributed by atoms with van der Waals surface area (Å²) in [6.45, 7) is 5.74. The Morgan fingerprint density at radius 1 is 1.07 bits per heavy atom. The summed E-state index contributed by atoms with van der Waals surface area (Å²) in [5.41, 5.74) is 11.2. The number of unbranched alkanes of at least 4 members (excludes halogenated alkanes) is 2. The van der Waals surface area contributed by atoms with Gasteiger partial charge in [-0.3, -0.25) is 0 Å². The van der Waals surface area contributed by atoms with Gasteiger partial charge in [-0.15, -0.1) is 0 Å². The van der Waals surface area contributed by atoms with Crippen LogP contribution in [0.25, 0.3) is 0 Å². The molecule has 86 valence electrons. The quantitative estimate of drug-likeness (QED) is 0.464. The number of hydrogen-bond donors (Lipinski definition) is 2. The van der Waals surface area contributed by atoms with Gasteiger partial charge in [0.1, 0.15) is 12.5 Å². The summed E-state index contributed by atoms with van der Waals surface area (Å²) in [7, 11) is 0. The molecule has 4 N–H and O–H groups in total. The van der Waals surface area contributed by atoms with E-state index in [-0.39, 0.29) is 18.7 Å². The average molecular weight is 204 g/mol. The van der Waals surface area contributed by atoms with E-state index in [9.17, 15) is 0 Å². The highest BCUT2D eigenvalue weighted by Gasteiger charge is 2.10. The van der Waals surface area contributed by atoms with Gasteiger partial charge >= 0.3 is 0 Å². The summed E-state index contributed by atoms with van der Waals surface area (Å²) in [5, 5.41) is 0. The van der Waals surface area contributed by atoms with Crippen LogP contribution in [0.3, 0.4) is 0 Å². The minimum absolute atomic E-state index is 0.240. The Morgan fingerprint density at radius 2 is 1.71 bits per heavy atom. The van der Waals surface area contributed by atoms with Crippen LogP contribution in [-0.2, 0) is 9.47 Å². The van der Waals surface area contributed by atoms with E-state index in [1.165, 1.54) is 12.8 Å². The highest BCUT2D eigenvalue weighted by Crippen LogP contribution is 2.06. The molecule has 4 heteroatoms. The predicted octanol–water partition coefficient (Wildman–Crippen LogP) is 1.54. The Balaban J connectivity index is 3.44. The molecule has 3 atom stereocenters. The lowest BCUT2D eigenvalue weighted by atomic mass is 10.2. The second-order valence-electron chi connectivity index (χ2n) is 3.58. The third-order valence-electron chi connectivity index (χ3n) is 1.86. The van der Waals surface area contributed by atoms with E-state index >= 15 is 0 Å². The van der Waals surface area contributed by atoms with Crippen molar-refractivity contribution in [3.05, 3.63) is 0 Å². The highest BCUT2D eigenvalue weighted by molar-refractivity contribution is 4.50. The van der Waals surface area contributed by atoms with Gasteiger partial charge in [0.05, 0.1) is 0 Å². The zero-order chi connectivity index (χ0) is 11.0. The number of hydrogen-bond acceptors (Lipinski definition) is 4. The Morgan fingerprint density at radius 3 is 2.21 bits per heavy atom. The lowest BCUT2D eigenvalue weighted by molar-refractivity contribution is -0.179. The van der Waals surface area contributed by atoms with Gasteiger partial charge < -0.3 is 20.9 Å². The van der Waals surface area contributed by atoms with Crippen molar-refractivity contribution >= 4 is 0 Å². The van der Waals surface area contributed by atoms with Crippen LogP contribution in [0.4, 0.5) is 0 Å². The molecule has 14 heavy (non-hydrogen) atoms. The molecule has 0 radical (unpaired) electrons. The molecule has 3 unspecified atom stereocenters. The van der Waals surface area contributed by atoms with Gasteiger partial charge in [-0.25, -0.2) is 0 Å². The topological polar surface area (TPSA) is 70.5 Å². The van der Waals surface area contributed by atoms with Crippen LogP contribution in [0.2, 0.25) is 0 Å². The van der Waals surface area contributed by atoms with Gasteiger partial charge in [0.15, 0.2) is 6.29 Å². The minimum atomic E-state index is -0.327. The van der Waals surface area contributed by atoms with E-state index in [0.717, 1.165) is 12.8 Å². The standard InChI is InChI=1S/C10H24N2O2/c1-4-5-6-7-10(12)14-9(3)13-8(2)11/h8-10H,4-7,11-12H2,1-3H3. The summed E-state index contributed by atoms with van der Waals surface area (Å²) in [4.78, 5) is 0. The van der Waals surface area contributed by atoms with E-state index in [2.05, 4.69) is 6.92 Å². The predicted molar refractivity (Wildman–Crippen MR) is 57.4 cm³/mol. The largest absolute Gasteiger partial charge is 0.335 e. The first-order chi connectivity index (χ1) is 6.56. The van der Waals surface area contributed by atoms with Crippen molar-refractivity contribution in [1.29, 1.82) is 0 Å². The normalized spacial score (nSPS) is 17.8. The molecule has 0 aliphatic heterocycles. The van der Waals surface area contributed by atoms with Crippen LogP contribution >= 0.6 is 0 Å². The van der Waals surface area contributed by atoms with Gasteiger partial charge in [-0.2, -0.15) is 0 Å². The molecule has 0 aliphatic rings.